The van der Waals surface area contributed by atoms with Gasteiger partial charge in [-0.05, 0) is 81.8 Å². The van der Waals surface area contributed by atoms with E-state index in [-0.39, 0.29) is 35.1 Å². The van der Waals surface area contributed by atoms with Gasteiger partial charge in [-0.25, -0.2) is 0 Å². The number of hydrogen-bond donors (Lipinski definition) is 3. The van der Waals surface area contributed by atoms with Gasteiger partial charge < -0.3 is 20.3 Å². The zero-order valence-electron chi connectivity index (χ0n) is 21.3. The lowest BCUT2D eigenvalue weighted by molar-refractivity contribution is -0.286. The fourth-order valence-corrected chi connectivity index (χ4v) is 9.43. The van der Waals surface area contributed by atoms with E-state index in [0.717, 1.165) is 49.5 Å². The fraction of sp³-hybridized carbons (Fsp3) is 0.567. The number of benzene rings is 2. The molecule has 3 N–H and O–H groups in total. The van der Waals surface area contributed by atoms with Crippen LogP contribution in [-0.2, 0) is 16.6 Å². The summed E-state index contributed by atoms with van der Waals surface area (Å²) < 4.78 is 6.67. The Morgan fingerprint density at radius 3 is 2.73 bits per heavy atom. The Labute approximate surface area is 217 Å². The largest absolute Gasteiger partial charge is 0.504 e. The number of nitrogens with zero attached hydrogens (tertiary/aromatic N) is 2. The van der Waals surface area contributed by atoms with E-state index in [1.807, 2.05) is 30.3 Å². The Bertz CT molecular complexity index is 1300. The molecule has 4 aliphatic heterocycles. The van der Waals surface area contributed by atoms with Crippen molar-refractivity contribution in [2.45, 2.75) is 79.7 Å². The number of aliphatic hydroxyl groups is 1. The quantitative estimate of drug-likeness (QED) is 0.584. The highest BCUT2D eigenvalue weighted by Crippen LogP contribution is 2.72. The summed E-state index contributed by atoms with van der Waals surface area (Å²) in [5.41, 5.74) is 1.34. The first-order valence-electron chi connectivity index (χ1n) is 13.9. The molecular formula is C30H35N3O4. The number of likely N-dealkylation sites (N-methyl/N-ethyl adjacent to an activating group) is 1. The highest BCUT2D eigenvalue weighted by molar-refractivity contribution is 5.91. The molecule has 4 bridgehead atoms. The molecule has 7 heteroatoms. The molecule has 7 nitrogen and oxygen atoms in total. The molecule has 194 valence electrons. The van der Waals surface area contributed by atoms with Crippen LogP contribution < -0.4 is 10.1 Å². The van der Waals surface area contributed by atoms with Crippen molar-refractivity contribution in [3.63, 3.8) is 0 Å². The summed E-state index contributed by atoms with van der Waals surface area (Å²) in [5, 5.41) is 26.5. The van der Waals surface area contributed by atoms with Crippen LogP contribution in [0.2, 0.25) is 0 Å². The molecule has 2 spiro atoms. The number of hydrogen-bond acceptors (Lipinski definition) is 6. The third kappa shape index (κ3) is 2.65. The predicted molar refractivity (Wildman–Crippen MR) is 139 cm³/mol. The molecule has 0 aromatic heterocycles. The highest BCUT2D eigenvalue weighted by Gasteiger charge is 2.82. The average molecular weight is 502 g/mol. The van der Waals surface area contributed by atoms with Crippen molar-refractivity contribution in [2.24, 2.45) is 5.92 Å². The van der Waals surface area contributed by atoms with Crippen molar-refractivity contribution in [1.82, 2.24) is 9.80 Å². The average Bonchev–Trinajstić information content (AvgIpc) is 3.63. The van der Waals surface area contributed by atoms with E-state index in [4.69, 9.17) is 4.74 Å². The number of carbonyl (C=O) groups is 1. The summed E-state index contributed by atoms with van der Waals surface area (Å²) in [6.45, 7) is 2.12. The highest BCUT2D eigenvalue weighted by atomic mass is 16.5. The first kappa shape index (κ1) is 22.4. The number of rotatable bonds is 5. The standard InChI is InChI=1S/C30H35N3O4/c1-32-22(16-24(35)31-20-5-3-2-4-6-20)29(36)11-12-30(32)23-15-19-9-10-21(34)26-25(19)28(30,27(29)37-26)13-14-33(23)17-18-7-8-18/h2-6,9-10,18,22-23,27,34,36H,7-8,11-17H2,1H3,(H,31,35)/t22-,23+,27+,28+,29+,30+/m0/s1. The van der Waals surface area contributed by atoms with Crippen molar-refractivity contribution in [2.75, 3.05) is 25.5 Å². The molecular weight excluding hydrogens is 466 g/mol. The monoisotopic (exact) mass is 501 g/mol. The number of phenolic OH excluding ortho intramolecular Hbond substituents is 1. The number of piperidine rings is 3. The van der Waals surface area contributed by atoms with Crippen LogP contribution in [0.3, 0.4) is 0 Å². The van der Waals surface area contributed by atoms with Gasteiger partial charge in [0.2, 0.25) is 5.91 Å². The Kier molecular flexibility index (Phi) is 4.40. The second kappa shape index (κ2) is 7.28. The number of phenols is 1. The van der Waals surface area contributed by atoms with Gasteiger partial charge in [0.25, 0.3) is 0 Å². The number of anilines is 1. The van der Waals surface area contributed by atoms with Crippen LogP contribution in [0, 0.1) is 5.92 Å². The van der Waals surface area contributed by atoms with E-state index in [2.05, 4.69) is 28.2 Å². The first-order chi connectivity index (χ1) is 17.9. The van der Waals surface area contributed by atoms with E-state index in [1.54, 1.807) is 6.07 Å². The number of likely N-dealkylation sites (tertiary alicyclic amines) is 1. The van der Waals surface area contributed by atoms with Gasteiger partial charge >= 0.3 is 0 Å². The fourth-order valence-electron chi connectivity index (χ4n) is 9.43. The molecule has 3 saturated heterocycles. The molecule has 0 unspecified atom stereocenters. The van der Waals surface area contributed by atoms with Crippen LogP contribution in [0.1, 0.15) is 49.7 Å². The summed E-state index contributed by atoms with van der Waals surface area (Å²) in [6, 6.07) is 13.3. The van der Waals surface area contributed by atoms with Gasteiger partial charge in [0, 0.05) is 30.3 Å². The maximum Gasteiger partial charge on any atom is 0.226 e. The van der Waals surface area contributed by atoms with Gasteiger partial charge in [-0.1, -0.05) is 24.3 Å². The number of ether oxygens (including phenoxy) is 1. The minimum Gasteiger partial charge on any atom is -0.504 e. The molecule has 3 aliphatic carbocycles. The first-order valence-corrected chi connectivity index (χ1v) is 13.9. The third-order valence-electron chi connectivity index (χ3n) is 11.0. The van der Waals surface area contributed by atoms with Gasteiger partial charge in [-0.3, -0.25) is 14.6 Å². The Hall–Kier alpha value is -2.61. The molecule has 4 heterocycles. The molecule has 0 radical (unpaired) electrons. The maximum atomic E-state index is 13.3. The summed E-state index contributed by atoms with van der Waals surface area (Å²) in [7, 11) is 2.14. The van der Waals surface area contributed by atoms with Crippen molar-refractivity contribution in [3.8, 4) is 11.5 Å². The molecule has 6 atom stereocenters. The number of aromatic hydroxyl groups is 1. The van der Waals surface area contributed by atoms with Gasteiger partial charge in [-0.2, -0.15) is 0 Å². The summed E-state index contributed by atoms with van der Waals surface area (Å²) in [5.74, 6) is 1.44. The van der Waals surface area contributed by atoms with E-state index in [1.165, 1.54) is 18.4 Å². The number of amides is 1. The van der Waals surface area contributed by atoms with Gasteiger partial charge in [0.15, 0.2) is 11.5 Å². The van der Waals surface area contributed by atoms with Crippen molar-refractivity contribution < 1.29 is 19.7 Å². The van der Waals surface area contributed by atoms with Gasteiger partial charge in [0.05, 0.1) is 17.0 Å². The van der Waals surface area contributed by atoms with Crippen LogP contribution >= 0.6 is 0 Å². The number of fused-ring (bicyclic) bond motifs is 2. The van der Waals surface area contributed by atoms with Crippen molar-refractivity contribution >= 4 is 11.6 Å². The molecule has 2 aromatic carbocycles. The minimum absolute atomic E-state index is 0.0932. The number of nitrogens with one attached hydrogen (secondary N) is 1. The van der Waals surface area contributed by atoms with E-state index in [0.29, 0.717) is 18.2 Å². The van der Waals surface area contributed by atoms with Crippen LogP contribution in [0.15, 0.2) is 42.5 Å². The molecule has 5 fully saturated rings. The summed E-state index contributed by atoms with van der Waals surface area (Å²) in [4.78, 5) is 18.5. The zero-order valence-corrected chi connectivity index (χ0v) is 21.3. The van der Waals surface area contributed by atoms with E-state index >= 15 is 0 Å². The minimum atomic E-state index is -1.19. The topological polar surface area (TPSA) is 85.3 Å². The van der Waals surface area contributed by atoms with Crippen molar-refractivity contribution in [1.29, 1.82) is 0 Å². The van der Waals surface area contributed by atoms with Crippen LogP contribution in [0.5, 0.6) is 11.5 Å². The lowest BCUT2D eigenvalue weighted by Gasteiger charge is -2.76. The zero-order chi connectivity index (χ0) is 25.2. The third-order valence-corrected chi connectivity index (χ3v) is 11.0. The molecule has 1 amide bonds. The Balaban J connectivity index is 1.25. The van der Waals surface area contributed by atoms with Gasteiger partial charge in [0.1, 0.15) is 11.7 Å². The predicted octanol–water partition coefficient (Wildman–Crippen LogP) is 3.04. The summed E-state index contributed by atoms with van der Waals surface area (Å²) >= 11 is 0. The maximum absolute atomic E-state index is 13.3. The SMILES string of the molecule is CN1[C@@H](CC(=O)Nc2ccccc2)[C@]2(O)CC[C@]13[C@H]1Cc4ccc(O)c5c4[C@]3(CCN1CC1CC1)[C@H]2O5. The van der Waals surface area contributed by atoms with E-state index < -0.39 is 11.7 Å². The van der Waals surface area contributed by atoms with E-state index in [9.17, 15) is 15.0 Å². The number of carbonyl (C=O) groups excluding carboxylic acids is 1. The van der Waals surface area contributed by atoms with Crippen molar-refractivity contribution in [3.05, 3.63) is 53.6 Å². The second-order valence-electron chi connectivity index (χ2n) is 12.5. The molecule has 37 heavy (non-hydrogen) atoms. The van der Waals surface area contributed by atoms with Crippen LogP contribution in [-0.4, -0.2) is 75.4 Å². The Morgan fingerprint density at radius 2 is 1.95 bits per heavy atom. The second-order valence-corrected chi connectivity index (χ2v) is 12.5. The molecule has 9 rings (SSSR count). The van der Waals surface area contributed by atoms with Gasteiger partial charge in [-0.15, -0.1) is 0 Å². The van der Waals surface area contributed by atoms with Crippen LogP contribution in [0.4, 0.5) is 5.69 Å². The molecule has 7 aliphatic rings. The lowest BCUT2D eigenvalue weighted by atomic mass is 9.41. The normalized spacial score (nSPS) is 39.2. The summed E-state index contributed by atoms with van der Waals surface area (Å²) in [6.07, 6.45) is 5.66. The lowest BCUT2D eigenvalue weighted by Crippen LogP contribution is -2.91. The van der Waals surface area contributed by atoms with Crippen LogP contribution in [0.25, 0.3) is 0 Å². The molecule has 2 saturated carbocycles. The number of para-hydroxylation sites is 1. The smallest absolute Gasteiger partial charge is 0.226 e. The Morgan fingerprint density at radius 1 is 1.14 bits per heavy atom. The molecule has 2 aromatic rings.